The van der Waals surface area contributed by atoms with Crippen molar-refractivity contribution in [2.45, 2.75) is 39.5 Å². The van der Waals surface area contributed by atoms with E-state index in [-0.39, 0.29) is 0 Å². The second-order valence-electron chi connectivity index (χ2n) is 3.78. The average molecular weight is 216 g/mol. The minimum atomic E-state index is 0.320. The van der Waals surface area contributed by atoms with Gasteiger partial charge in [-0.3, -0.25) is 4.79 Å². The highest BCUT2D eigenvalue weighted by Crippen LogP contribution is 2.13. The van der Waals surface area contributed by atoms with E-state index in [2.05, 4.69) is 13.8 Å². The molecule has 0 atom stereocenters. The van der Waals surface area contributed by atoms with Gasteiger partial charge in [0.1, 0.15) is 5.78 Å². The summed E-state index contributed by atoms with van der Waals surface area (Å²) in [6.45, 7) is 5.98. The lowest BCUT2D eigenvalue weighted by Crippen LogP contribution is -2.11. The Hall–Kier alpha value is -0.410. The third-order valence-electron chi connectivity index (χ3n) is 2.63. The second kappa shape index (κ2) is 10.1. The molecule has 0 rings (SSSR count). The SMILES string of the molecule is CCC(CC)CC(=O)CCOCCOC. The first-order chi connectivity index (χ1) is 7.24. The number of carbonyl (C=O) groups excluding carboxylic acids is 1. The third kappa shape index (κ3) is 8.58. The summed E-state index contributed by atoms with van der Waals surface area (Å²) in [7, 11) is 1.64. The molecule has 0 aliphatic heterocycles. The summed E-state index contributed by atoms with van der Waals surface area (Å²) in [5, 5.41) is 0. The van der Waals surface area contributed by atoms with Crippen LogP contribution in [0.2, 0.25) is 0 Å². The van der Waals surface area contributed by atoms with Crippen LogP contribution in [0.25, 0.3) is 0 Å². The summed E-state index contributed by atoms with van der Waals surface area (Å²) < 4.78 is 10.1. The van der Waals surface area contributed by atoms with E-state index in [1.807, 2.05) is 0 Å². The molecule has 3 heteroatoms. The van der Waals surface area contributed by atoms with Crippen molar-refractivity contribution >= 4 is 5.78 Å². The zero-order valence-corrected chi connectivity index (χ0v) is 10.3. The van der Waals surface area contributed by atoms with Crippen molar-refractivity contribution in [3.63, 3.8) is 0 Å². The summed E-state index contributed by atoms with van der Waals surface area (Å²) in [4.78, 5) is 11.5. The van der Waals surface area contributed by atoms with Gasteiger partial charge in [0.2, 0.25) is 0 Å². The van der Waals surface area contributed by atoms with E-state index in [0.29, 0.717) is 44.4 Å². The minimum Gasteiger partial charge on any atom is -0.382 e. The maximum absolute atomic E-state index is 11.5. The fraction of sp³-hybridized carbons (Fsp3) is 0.917. The lowest BCUT2D eigenvalue weighted by Gasteiger charge is -2.10. The van der Waals surface area contributed by atoms with Crippen LogP contribution in [0.5, 0.6) is 0 Å². The van der Waals surface area contributed by atoms with Gasteiger partial charge in [-0.05, 0) is 5.92 Å². The summed E-state index contributed by atoms with van der Waals surface area (Å²) in [6, 6.07) is 0. The fourth-order valence-electron chi connectivity index (χ4n) is 1.43. The quantitative estimate of drug-likeness (QED) is 0.526. The Kier molecular flexibility index (Phi) is 9.84. The number of ether oxygens (including phenoxy) is 2. The number of ketones is 1. The van der Waals surface area contributed by atoms with Crippen LogP contribution in [0.15, 0.2) is 0 Å². The highest BCUT2D eigenvalue weighted by molar-refractivity contribution is 5.78. The van der Waals surface area contributed by atoms with Gasteiger partial charge < -0.3 is 9.47 Å². The Morgan fingerprint density at radius 3 is 2.33 bits per heavy atom. The minimum absolute atomic E-state index is 0.320. The largest absolute Gasteiger partial charge is 0.382 e. The Labute approximate surface area is 93.1 Å². The lowest BCUT2D eigenvalue weighted by atomic mass is 9.96. The molecule has 0 N–H and O–H groups in total. The second-order valence-corrected chi connectivity index (χ2v) is 3.78. The molecule has 0 bridgehead atoms. The van der Waals surface area contributed by atoms with E-state index in [1.165, 1.54) is 0 Å². The number of rotatable bonds is 10. The number of methoxy groups -OCH3 is 1. The highest BCUT2D eigenvalue weighted by Gasteiger charge is 2.09. The van der Waals surface area contributed by atoms with Crippen molar-refractivity contribution in [1.29, 1.82) is 0 Å². The molecule has 0 heterocycles. The van der Waals surface area contributed by atoms with Crippen LogP contribution < -0.4 is 0 Å². The predicted molar refractivity (Wildman–Crippen MR) is 61.0 cm³/mol. The molecule has 3 nitrogen and oxygen atoms in total. The molecule has 0 unspecified atom stereocenters. The topological polar surface area (TPSA) is 35.5 Å². The Balaban J connectivity index is 3.40. The van der Waals surface area contributed by atoms with E-state index in [9.17, 15) is 4.79 Å². The molecular weight excluding hydrogens is 192 g/mol. The van der Waals surface area contributed by atoms with Gasteiger partial charge in [-0.25, -0.2) is 0 Å². The van der Waals surface area contributed by atoms with Gasteiger partial charge in [-0.1, -0.05) is 26.7 Å². The normalized spacial score (nSPS) is 10.9. The van der Waals surface area contributed by atoms with Gasteiger partial charge in [0, 0.05) is 20.0 Å². The zero-order chi connectivity index (χ0) is 11.5. The average Bonchev–Trinajstić information content (AvgIpc) is 2.25. The van der Waals surface area contributed by atoms with Crippen LogP contribution in [0.4, 0.5) is 0 Å². The summed E-state index contributed by atoms with van der Waals surface area (Å²) in [5.74, 6) is 0.873. The van der Waals surface area contributed by atoms with Crippen molar-refractivity contribution in [2.24, 2.45) is 5.92 Å². The number of hydrogen-bond donors (Lipinski definition) is 0. The molecule has 0 saturated heterocycles. The molecule has 0 radical (unpaired) electrons. The monoisotopic (exact) mass is 216 g/mol. The first kappa shape index (κ1) is 14.6. The Morgan fingerprint density at radius 1 is 1.13 bits per heavy atom. The molecule has 0 aliphatic carbocycles. The van der Waals surface area contributed by atoms with E-state index in [4.69, 9.17) is 9.47 Å². The van der Waals surface area contributed by atoms with Crippen LogP contribution in [0.1, 0.15) is 39.5 Å². The van der Waals surface area contributed by atoms with Crippen molar-refractivity contribution in [2.75, 3.05) is 26.9 Å². The third-order valence-corrected chi connectivity index (χ3v) is 2.63. The van der Waals surface area contributed by atoms with Crippen LogP contribution >= 0.6 is 0 Å². The Morgan fingerprint density at radius 2 is 1.80 bits per heavy atom. The predicted octanol–water partition coefficient (Wildman–Crippen LogP) is 2.43. The fourth-order valence-corrected chi connectivity index (χ4v) is 1.43. The highest BCUT2D eigenvalue weighted by atomic mass is 16.5. The molecule has 15 heavy (non-hydrogen) atoms. The molecule has 0 fully saturated rings. The van der Waals surface area contributed by atoms with Gasteiger partial charge in [-0.15, -0.1) is 0 Å². The van der Waals surface area contributed by atoms with Crippen molar-refractivity contribution < 1.29 is 14.3 Å². The number of Topliss-reactive ketones (excluding diaryl/α,β-unsaturated/α-hetero) is 1. The smallest absolute Gasteiger partial charge is 0.135 e. The molecule has 0 amide bonds. The van der Waals surface area contributed by atoms with E-state index >= 15 is 0 Å². The van der Waals surface area contributed by atoms with Gasteiger partial charge in [0.05, 0.1) is 19.8 Å². The summed E-state index contributed by atoms with van der Waals surface area (Å²) in [6.07, 6.45) is 3.43. The molecule has 0 aromatic heterocycles. The molecule has 0 aromatic carbocycles. The molecule has 0 saturated carbocycles. The van der Waals surface area contributed by atoms with E-state index in [0.717, 1.165) is 12.8 Å². The van der Waals surface area contributed by atoms with Crippen LogP contribution in [-0.4, -0.2) is 32.7 Å². The van der Waals surface area contributed by atoms with Crippen molar-refractivity contribution in [3.05, 3.63) is 0 Å². The maximum atomic E-state index is 11.5. The standard InChI is InChI=1S/C12H24O3/c1-4-11(5-2)10-12(13)6-7-15-9-8-14-3/h11H,4-10H2,1-3H3. The molecule has 90 valence electrons. The summed E-state index contributed by atoms with van der Waals surface area (Å²) in [5.41, 5.74) is 0. The number of hydrogen-bond acceptors (Lipinski definition) is 3. The first-order valence-corrected chi connectivity index (χ1v) is 5.82. The van der Waals surface area contributed by atoms with Crippen LogP contribution in [-0.2, 0) is 14.3 Å². The van der Waals surface area contributed by atoms with Gasteiger partial charge in [0.15, 0.2) is 0 Å². The molecular formula is C12H24O3. The van der Waals surface area contributed by atoms with E-state index < -0.39 is 0 Å². The number of carbonyl (C=O) groups is 1. The molecule has 0 spiro atoms. The van der Waals surface area contributed by atoms with Crippen LogP contribution in [0.3, 0.4) is 0 Å². The first-order valence-electron chi connectivity index (χ1n) is 5.82. The van der Waals surface area contributed by atoms with Gasteiger partial charge >= 0.3 is 0 Å². The van der Waals surface area contributed by atoms with Gasteiger partial charge in [0.25, 0.3) is 0 Å². The van der Waals surface area contributed by atoms with Crippen molar-refractivity contribution in [1.82, 2.24) is 0 Å². The van der Waals surface area contributed by atoms with Crippen LogP contribution in [0, 0.1) is 5.92 Å². The zero-order valence-electron chi connectivity index (χ0n) is 10.3. The van der Waals surface area contributed by atoms with Crippen molar-refractivity contribution in [3.8, 4) is 0 Å². The Bertz CT molecular complexity index is 153. The summed E-state index contributed by atoms with van der Waals surface area (Å²) >= 11 is 0. The lowest BCUT2D eigenvalue weighted by molar-refractivity contribution is -0.121. The maximum Gasteiger partial charge on any atom is 0.135 e. The molecule has 0 aromatic rings. The molecule has 0 aliphatic rings. The van der Waals surface area contributed by atoms with E-state index in [1.54, 1.807) is 7.11 Å². The van der Waals surface area contributed by atoms with Gasteiger partial charge in [-0.2, -0.15) is 0 Å².